The highest BCUT2D eigenvalue weighted by atomic mass is 16.5. The standard InChI is InChI=1S/C26H28N2O2/c29-21(18-30-26-11-5-7-19-6-1-2-8-22(19)26)17-28-14-12-20(13-15-28)24-16-27-25-10-4-3-9-23(24)25/h1-11,16,20-21,27,29H,12-15,17-18H2. The number of ether oxygens (including phenoxy) is 1. The summed E-state index contributed by atoms with van der Waals surface area (Å²) in [6.07, 6.45) is 3.93. The van der Waals surface area contributed by atoms with Crippen LogP contribution < -0.4 is 4.74 Å². The molecule has 4 nitrogen and oxygen atoms in total. The third-order valence-corrected chi connectivity index (χ3v) is 6.30. The van der Waals surface area contributed by atoms with Gasteiger partial charge in [0.15, 0.2) is 0 Å². The van der Waals surface area contributed by atoms with E-state index in [1.165, 1.54) is 16.5 Å². The molecule has 0 aliphatic carbocycles. The van der Waals surface area contributed by atoms with E-state index in [9.17, 15) is 5.11 Å². The molecule has 0 bridgehead atoms. The largest absolute Gasteiger partial charge is 0.490 e. The van der Waals surface area contributed by atoms with E-state index in [0.29, 0.717) is 19.1 Å². The molecule has 1 aliphatic heterocycles. The molecule has 4 aromatic rings. The zero-order chi connectivity index (χ0) is 20.3. The van der Waals surface area contributed by atoms with Crippen LogP contribution in [0.1, 0.15) is 24.3 Å². The third kappa shape index (κ3) is 3.93. The fourth-order valence-corrected chi connectivity index (χ4v) is 4.72. The van der Waals surface area contributed by atoms with Crippen molar-refractivity contribution in [3.63, 3.8) is 0 Å². The van der Waals surface area contributed by atoms with Crippen molar-refractivity contribution >= 4 is 21.7 Å². The first kappa shape index (κ1) is 19.2. The average molecular weight is 401 g/mol. The van der Waals surface area contributed by atoms with Gasteiger partial charge in [-0.15, -0.1) is 0 Å². The minimum atomic E-state index is -0.492. The maximum atomic E-state index is 10.6. The summed E-state index contributed by atoms with van der Waals surface area (Å²) >= 11 is 0. The topological polar surface area (TPSA) is 48.5 Å². The zero-order valence-corrected chi connectivity index (χ0v) is 17.1. The van der Waals surface area contributed by atoms with Crippen LogP contribution in [0.15, 0.2) is 72.9 Å². The first-order chi connectivity index (χ1) is 14.8. The van der Waals surface area contributed by atoms with Crippen molar-refractivity contribution in [3.8, 4) is 5.75 Å². The predicted molar refractivity (Wildman–Crippen MR) is 122 cm³/mol. The van der Waals surface area contributed by atoms with Crippen LogP contribution in [0, 0.1) is 0 Å². The van der Waals surface area contributed by atoms with Gasteiger partial charge in [-0.05, 0) is 54.9 Å². The highest BCUT2D eigenvalue weighted by Gasteiger charge is 2.24. The Morgan fingerprint density at radius 3 is 2.53 bits per heavy atom. The van der Waals surface area contributed by atoms with Crippen LogP contribution in [0.25, 0.3) is 21.7 Å². The van der Waals surface area contributed by atoms with E-state index in [2.05, 4.69) is 58.5 Å². The van der Waals surface area contributed by atoms with Crippen LogP contribution >= 0.6 is 0 Å². The summed E-state index contributed by atoms with van der Waals surface area (Å²) in [4.78, 5) is 5.77. The quantitative estimate of drug-likeness (QED) is 0.482. The Balaban J connectivity index is 1.15. The summed E-state index contributed by atoms with van der Waals surface area (Å²) in [5, 5.41) is 14.1. The molecule has 1 atom stereocenters. The number of hydrogen-bond donors (Lipinski definition) is 2. The predicted octanol–water partition coefficient (Wildman–Crippen LogP) is 4.94. The number of aliphatic hydroxyl groups excluding tert-OH is 1. The van der Waals surface area contributed by atoms with E-state index in [1.54, 1.807) is 0 Å². The van der Waals surface area contributed by atoms with Crippen LogP contribution in [0.4, 0.5) is 0 Å². The molecule has 0 spiro atoms. The number of nitrogens with zero attached hydrogens (tertiary/aromatic N) is 1. The van der Waals surface area contributed by atoms with Gasteiger partial charge in [0.25, 0.3) is 0 Å². The van der Waals surface area contributed by atoms with Crippen LogP contribution in [0.5, 0.6) is 5.75 Å². The molecule has 1 aliphatic rings. The Morgan fingerprint density at radius 2 is 1.67 bits per heavy atom. The number of aromatic nitrogens is 1. The molecular formula is C26H28N2O2. The number of H-pyrrole nitrogens is 1. The molecule has 30 heavy (non-hydrogen) atoms. The van der Waals surface area contributed by atoms with Crippen LogP contribution in [0.2, 0.25) is 0 Å². The van der Waals surface area contributed by atoms with Crippen molar-refractivity contribution in [1.82, 2.24) is 9.88 Å². The van der Waals surface area contributed by atoms with Gasteiger partial charge in [-0.2, -0.15) is 0 Å². The Hall–Kier alpha value is -2.82. The highest BCUT2D eigenvalue weighted by molar-refractivity contribution is 5.88. The van der Waals surface area contributed by atoms with E-state index >= 15 is 0 Å². The number of β-amino-alcohol motifs (C(OH)–C–C–N with tert-alkyl or cyclic N) is 1. The summed E-state index contributed by atoms with van der Waals surface area (Å²) in [7, 11) is 0. The second-order valence-corrected chi connectivity index (χ2v) is 8.31. The Labute approximate surface area is 177 Å². The molecule has 3 aromatic carbocycles. The number of hydrogen-bond acceptors (Lipinski definition) is 3. The van der Waals surface area contributed by atoms with E-state index < -0.39 is 6.10 Å². The normalized spacial score (nSPS) is 16.8. The van der Waals surface area contributed by atoms with Crippen molar-refractivity contribution in [2.45, 2.75) is 24.9 Å². The van der Waals surface area contributed by atoms with Gasteiger partial charge in [-0.3, -0.25) is 0 Å². The molecule has 154 valence electrons. The summed E-state index contributed by atoms with van der Waals surface area (Å²) in [6.45, 7) is 2.99. The number of aliphatic hydroxyl groups is 1. The van der Waals surface area contributed by atoms with E-state index in [0.717, 1.165) is 42.5 Å². The van der Waals surface area contributed by atoms with Crippen LogP contribution in [-0.2, 0) is 0 Å². The SMILES string of the molecule is OC(COc1cccc2ccccc12)CN1CCC(c2c[nH]c3ccccc23)CC1. The van der Waals surface area contributed by atoms with Crippen molar-refractivity contribution in [2.24, 2.45) is 0 Å². The summed E-state index contributed by atoms with van der Waals surface area (Å²) in [6, 6.07) is 22.8. The summed E-state index contributed by atoms with van der Waals surface area (Å²) in [5.41, 5.74) is 2.65. The smallest absolute Gasteiger partial charge is 0.127 e. The fraction of sp³-hybridized carbons (Fsp3) is 0.308. The number of aromatic amines is 1. The van der Waals surface area contributed by atoms with Crippen molar-refractivity contribution in [2.75, 3.05) is 26.2 Å². The lowest BCUT2D eigenvalue weighted by molar-refractivity contribution is 0.0599. The average Bonchev–Trinajstić information content (AvgIpc) is 3.22. The van der Waals surface area contributed by atoms with E-state index in [-0.39, 0.29) is 0 Å². The first-order valence-corrected chi connectivity index (χ1v) is 10.8. The number of rotatable bonds is 6. The van der Waals surface area contributed by atoms with Gasteiger partial charge in [0.05, 0.1) is 0 Å². The number of piperidine rings is 1. The molecule has 0 saturated carbocycles. The monoisotopic (exact) mass is 400 g/mol. The van der Waals surface area contributed by atoms with Crippen molar-refractivity contribution in [3.05, 3.63) is 78.5 Å². The van der Waals surface area contributed by atoms with Crippen molar-refractivity contribution in [1.29, 1.82) is 0 Å². The number of fused-ring (bicyclic) bond motifs is 2. The molecule has 4 heteroatoms. The molecular weight excluding hydrogens is 372 g/mol. The Morgan fingerprint density at radius 1 is 0.933 bits per heavy atom. The summed E-state index contributed by atoms with van der Waals surface area (Å²) in [5.74, 6) is 1.42. The fourth-order valence-electron chi connectivity index (χ4n) is 4.72. The lowest BCUT2D eigenvalue weighted by Crippen LogP contribution is -2.40. The van der Waals surface area contributed by atoms with Crippen molar-refractivity contribution < 1.29 is 9.84 Å². The van der Waals surface area contributed by atoms with Crippen LogP contribution in [-0.4, -0.2) is 47.3 Å². The number of para-hydroxylation sites is 1. The molecule has 1 aromatic heterocycles. The maximum absolute atomic E-state index is 10.6. The van der Waals surface area contributed by atoms with Gasteiger partial charge in [0.2, 0.25) is 0 Å². The second kappa shape index (κ2) is 8.50. The number of benzene rings is 3. The second-order valence-electron chi connectivity index (χ2n) is 8.31. The zero-order valence-electron chi connectivity index (χ0n) is 17.1. The van der Waals surface area contributed by atoms with Gasteiger partial charge < -0.3 is 19.7 Å². The Bertz CT molecular complexity index is 1120. The first-order valence-electron chi connectivity index (χ1n) is 10.8. The molecule has 0 amide bonds. The molecule has 5 rings (SSSR count). The van der Waals surface area contributed by atoms with Gasteiger partial charge >= 0.3 is 0 Å². The van der Waals surface area contributed by atoms with Gasteiger partial charge in [-0.1, -0.05) is 54.6 Å². The highest BCUT2D eigenvalue weighted by Crippen LogP contribution is 2.33. The van der Waals surface area contributed by atoms with Gasteiger partial charge in [0, 0.05) is 29.0 Å². The lowest BCUT2D eigenvalue weighted by Gasteiger charge is -2.33. The molecule has 2 N–H and O–H groups in total. The maximum Gasteiger partial charge on any atom is 0.127 e. The van der Waals surface area contributed by atoms with E-state index in [4.69, 9.17) is 4.74 Å². The Kier molecular flexibility index (Phi) is 5.43. The third-order valence-electron chi connectivity index (χ3n) is 6.30. The molecule has 1 saturated heterocycles. The lowest BCUT2D eigenvalue weighted by atomic mass is 9.89. The number of nitrogens with one attached hydrogen (secondary N) is 1. The van der Waals surface area contributed by atoms with Gasteiger partial charge in [0.1, 0.15) is 18.5 Å². The molecule has 0 radical (unpaired) electrons. The minimum absolute atomic E-state index is 0.316. The molecule has 2 heterocycles. The van der Waals surface area contributed by atoms with Gasteiger partial charge in [-0.25, -0.2) is 0 Å². The van der Waals surface area contributed by atoms with E-state index in [1.807, 2.05) is 24.3 Å². The summed E-state index contributed by atoms with van der Waals surface area (Å²) < 4.78 is 5.97. The molecule has 1 fully saturated rings. The number of likely N-dealkylation sites (tertiary alicyclic amines) is 1. The minimum Gasteiger partial charge on any atom is -0.490 e. The van der Waals surface area contributed by atoms with Crippen LogP contribution in [0.3, 0.4) is 0 Å². The molecule has 1 unspecified atom stereocenters.